The maximum absolute atomic E-state index is 10.6. The Balaban J connectivity index is 1.56. The van der Waals surface area contributed by atoms with Crippen LogP contribution in [0.2, 0.25) is 0 Å². The number of hydrogen-bond donors (Lipinski definition) is 2. The zero-order valence-corrected chi connectivity index (χ0v) is 9.43. The maximum Gasteiger partial charge on any atom is 0.371 e. The number of nitrogens with zero attached hydrogens (tertiary/aromatic N) is 1. The summed E-state index contributed by atoms with van der Waals surface area (Å²) >= 11 is 0. The normalized spacial score (nSPS) is 23.4. The third-order valence-corrected chi connectivity index (χ3v) is 3.58. The highest BCUT2D eigenvalue weighted by Crippen LogP contribution is 2.44. The van der Waals surface area contributed by atoms with Crippen molar-refractivity contribution in [2.24, 2.45) is 5.92 Å². The number of carbonyl (C=O) groups is 1. The average Bonchev–Trinajstić information content (AvgIpc) is 2.97. The van der Waals surface area contributed by atoms with Crippen LogP contribution in [0.4, 0.5) is 0 Å². The Labute approximate surface area is 98.6 Å². The van der Waals surface area contributed by atoms with Crippen molar-refractivity contribution in [1.29, 1.82) is 0 Å². The van der Waals surface area contributed by atoms with Gasteiger partial charge in [-0.3, -0.25) is 4.90 Å². The summed E-state index contributed by atoms with van der Waals surface area (Å²) in [5.74, 6) is 0.0394. The lowest BCUT2D eigenvalue weighted by Gasteiger charge is -2.46. The molecule has 17 heavy (non-hydrogen) atoms. The molecule has 0 amide bonds. The van der Waals surface area contributed by atoms with E-state index in [0.717, 1.165) is 12.8 Å². The van der Waals surface area contributed by atoms with Gasteiger partial charge < -0.3 is 14.6 Å². The maximum atomic E-state index is 10.6. The largest absolute Gasteiger partial charge is 0.475 e. The summed E-state index contributed by atoms with van der Waals surface area (Å²) in [5.41, 5.74) is -0.498. The number of aromatic carboxylic acids is 1. The summed E-state index contributed by atoms with van der Waals surface area (Å²) in [4.78, 5) is 12.7. The Kier molecular flexibility index (Phi) is 2.27. The van der Waals surface area contributed by atoms with Gasteiger partial charge in [0.15, 0.2) is 0 Å². The van der Waals surface area contributed by atoms with Gasteiger partial charge >= 0.3 is 5.97 Å². The topological polar surface area (TPSA) is 73.9 Å². The van der Waals surface area contributed by atoms with Crippen molar-refractivity contribution in [3.8, 4) is 0 Å². The lowest BCUT2D eigenvalue weighted by Crippen LogP contribution is -2.62. The number of furan rings is 1. The molecule has 1 aliphatic heterocycles. The number of β-amino-alcohol motifs (C(OH)–C–C–N with tert-alkyl or cyclic N) is 1. The lowest BCUT2D eigenvalue weighted by molar-refractivity contribution is -0.118. The van der Waals surface area contributed by atoms with Crippen molar-refractivity contribution >= 4 is 5.97 Å². The van der Waals surface area contributed by atoms with Crippen molar-refractivity contribution in [3.05, 3.63) is 23.7 Å². The molecule has 3 rings (SSSR count). The number of carboxylic acid groups (broad SMARTS) is 1. The summed E-state index contributed by atoms with van der Waals surface area (Å²) in [7, 11) is 0. The van der Waals surface area contributed by atoms with Gasteiger partial charge in [0, 0.05) is 13.1 Å². The van der Waals surface area contributed by atoms with E-state index in [0.29, 0.717) is 31.3 Å². The second-order valence-corrected chi connectivity index (χ2v) is 5.09. The fourth-order valence-electron chi connectivity index (χ4n) is 2.52. The Bertz CT molecular complexity index is 443. The van der Waals surface area contributed by atoms with Crippen LogP contribution >= 0.6 is 0 Å². The van der Waals surface area contributed by atoms with Crippen LogP contribution in [0.25, 0.3) is 0 Å². The summed E-state index contributed by atoms with van der Waals surface area (Å²) in [6.07, 6.45) is 2.27. The first-order valence-corrected chi connectivity index (χ1v) is 5.83. The van der Waals surface area contributed by atoms with E-state index in [2.05, 4.69) is 4.90 Å². The SMILES string of the molecule is O=C(O)c1ccc(CN2CC(O)(C3CC3)C2)o1. The van der Waals surface area contributed by atoms with Gasteiger partial charge in [0.1, 0.15) is 5.76 Å². The van der Waals surface area contributed by atoms with Gasteiger partial charge in [-0.05, 0) is 30.9 Å². The van der Waals surface area contributed by atoms with Crippen LogP contribution in [0.5, 0.6) is 0 Å². The molecule has 2 heterocycles. The predicted molar refractivity (Wildman–Crippen MR) is 58.6 cm³/mol. The third-order valence-electron chi connectivity index (χ3n) is 3.58. The molecule has 0 aromatic carbocycles. The second kappa shape index (κ2) is 3.58. The molecule has 1 aliphatic carbocycles. The van der Waals surface area contributed by atoms with E-state index in [1.54, 1.807) is 6.07 Å². The molecule has 2 N–H and O–H groups in total. The highest BCUT2D eigenvalue weighted by Gasteiger charge is 2.51. The molecule has 2 aliphatic rings. The van der Waals surface area contributed by atoms with Gasteiger partial charge in [0.2, 0.25) is 5.76 Å². The molecule has 0 atom stereocenters. The smallest absolute Gasteiger partial charge is 0.371 e. The molecule has 5 nitrogen and oxygen atoms in total. The number of hydrogen-bond acceptors (Lipinski definition) is 4. The standard InChI is InChI=1S/C12H15NO4/c14-11(15)10-4-3-9(17-10)5-13-6-12(16,7-13)8-1-2-8/h3-4,8,16H,1-2,5-7H2,(H,14,15). The average molecular weight is 237 g/mol. The number of likely N-dealkylation sites (tertiary alicyclic amines) is 1. The van der Waals surface area contributed by atoms with E-state index in [4.69, 9.17) is 9.52 Å². The second-order valence-electron chi connectivity index (χ2n) is 5.09. The number of aliphatic hydroxyl groups is 1. The number of rotatable bonds is 4. The molecule has 0 bridgehead atoms. The molecule has 1 saturated heterocycles. The van der Waals surface area contributed by atoms with Crippen molar-refractivity contribution in [1.82, 2.24) is 4.90 Å². The Morgan fingerprint density at radius 3 is 2.71 bits per heavy atom. The first-order valence-electron chi connectivity index (χ1n) is 5.83. The van der Waals surface area contributed by atoms with Crippen molar-refractivity contribution in [2.45, 2.75) is 25.0 Å². The molecule has 1 saturated carbocycles. The van der Waals surface area contributed by atoms with E-state index >= 15 is 0 Å². The molecule has 0 radical (unpaired) electrons. The minimum Gasteiger partial charge on any atom is -0.475 e. The Morgan fingerprint density at radius 2 is 2.18 bits per heavy atom. The molecule has 1 aromatic heterocycles. The van der Waals surface area contributed by atoms with E-state index in [9.17, 15) is 9.90 Å². The van der Waals surface area contributed by atoms with Crippen LogP contribution < -0.4 is 0 Å². The fraction of sp³-hybridized carbons (Fsp3) is 0.583. The zero-order valence-electron chi connectivity index (χ0n) is 9.43. The Hall–Kier alpha value is -1.33. The summed E-state index contributed by atoms with van der Waals surface area (Å²) in [6.45, 7) is 1.91. The van der Waals surface area contributed by atoms with Gasteiger partial charge in [-0.25, -0.2) is 4.79 Å². The number of carboxylic acids is 1. The summed E-state index contributed by atoms with van der Waals surface area (Å²) in [6, 6.07) is 3.14. The summed E-state index contributed by atoms with van der Waals surface area (Å²) < 4.78 is 5.17. The van der Waals surface area contributed by atoms with E-state index in [-0.39, 0.29) is 5.76 Å². The predicted octanol–water partition coefficient (Wildman–Crippen LogP) is 0.934. The monoisotopic (exact) mass is 237 g/mol. The van der Waals surface area contributed by atoms with E-state index in [1.807, 2.05) is 0 Å². The van der Waals surface area contributed by atoms with Crippen LogP contribution in [-0.4, -0.2) is 39.8 Å². The first-order chi connectivity index (χ1) is 8.07. The molecule has 0 spiro atoms. The van der Waals surface area contributed by atoms with Gasteiger partial charge in [-0.15, -0.1) is 0 Å². The third kappa shape index (κ3) is 1.96. The van der Waals surface area contributed by atoms with Gasteiger partial charge in [0.25, 0.3) is 0 Å². The molecule has 2 fully saturated rings. The minimum absolute atomic E-state index is 0.0296. The quantitative estimate of drug-likeness (QED) is 0.815. The first kappa shape index (κ1) is 10.8. The molecular weight excluding hydrogens is 222 g/mol. The Morgan fingerprint density at radius 1 is 1.47 bits per heavy atom. The molecular formula is C12H15NO4. The van der Waals surface area contributed by atoms with Gasteiger partial charge in [-0.1, -0.05) is 0 Å². The van der Waals surface area contributed by atoms with Crippen LogP contribution in [0.3, 0.4) is 0 Å². The molecule has 0 unspecified atom stereocenters. The zero-order chi connectivity index (χ0) is 12.0. The van der Waals surface area contributed by atoms with Crippen LogP contribution in [0.1, 0.15) is 29.2 Å². The van der Waals surface area contributed by atoms with Crippen molar-refractivity contribution in [3.63, 3.8) is 0 Å². The van der Waals surface area contributed by atoms with Crippen molar-refractivity contribution < 1.29 is 19.4 Å². The van der Waals surface area contributed by atoms with E-state index in [1.165, 1.54) is 6.07 Å². The van der Waals surface area contributed by atoms with E-state index < -0.39 is 11.6 Å². The van der Waals surface area contributed by atoms with Gasteiger partial charge in [-0.2, -0.15) is 0 Å². The lowest BCUT2D eigenvalue weighted by atomic mass is 9.89. The van der Waals surface area contributed by atoms with Crippen LogP contribution in [0, 0.1) is 5.92 Å². The summed E-state index contributed by atoms with van der Waals surface area (Å²) in [5, 5.41) is 18.8. The van der Waals surface area contributed by atoms with Crippen LogP contribution in [0.15, 0.2) is 16.5 Å². The van der Waals surface area contributed by atoms with Crippen LogP contribution in [-0.2, 0) is 6.54 Å². The van der Waals surface area contributed by atoms with Gasteiger partial charge in [0.05, 0.1) is 12.1 Å². The highest BCUT2D eigenvalue weighted by molar-refractivity contribution is 5.84. The van der Waals surface area contributed by atoms with Crippen molar-refractivity contribution in [2.75, 3.05) is 13.1 Å². The minimum atomic E-state index is -1.05. The molecule has 1 aromatic rings. The molecule has 5 heteroatoms. The molecule has 92 valence electrons. The highest BCUT2D eigenvalue weighted by atomic mass is 16.4. The fourth-order valence-corrected chi connectivity index (χ4v) is 2.52.